The molecule has 4 rings (SSSR count). The topological polar surface area (TPSA) is 76.1 Å². The molecule has 1 atom stereocenters. The van der Waals surface area contributed by atoms with Gasteiger partial charge in [0.25, 0.3) is 0 Å². The lowest BCUT2D eigenvalue weighted by Crippen LogP contribution is -2.39. The normalized spacial score (nSPS) is 17.0. The molecule has 3 aromatic heterocycles. The Morgan fingerprint density at radius 2 is 1.93 bits per heavy atom. The summed E-state index contributed by atoms with van der Waals surface area (Å²) in [7, 11) is 0. The second kappa shape index (κ2) is 7.67. The van der Waals surface area contributed by atoms with Crippen LogP contribution in [0.25, 0.3) is 0 Å². The molecule has 4 heterocycles. The van der Waals surface area contributed by atoms with Gasteiger partial charge in [-0.25, -0.2) is 19.9 Å². The Bertz CT molecular complexity index is 897. The number of nitrogens with one attached hydrogen (secondary N) is 1. The van der Waals surface area contributed by atoms with Gasteiger partial charge < -0.3 is 15.0 Å². The minimum Gasteiger partial charge on any atom is -0.368 e. The molecule has 7 nitrogen and oxygen atoms in total. The number of anilines is 3. The van der Waals surface area contributed by atoms with Gasteiger partial charge in [0.2, 0.25) is 0 Å². The molecule has 1 fully saturated rings. The van der Waals surface area contributed by atoms with Gasteiger partial charge in [0.1, 0.15) is 29.4 Å². The highest BCUT2D eigenvalue weighted by Gasteiger charge is 2.24. The fourth-order valence-electron chi connectivity index (χ4n) is 3.16. The maximum absolute atomic E-state index is 5.99. The van der Waals surface area contributed by atoms with Gasteiger partial charge in [0.05, 0.1) is 18.8 Å². The number of nitrogens with zero attached hydrogens (tertiary/aromatic N) is 5. The number of pyridine rings is 2. The predicted molar refractivity (Wildman–Crippen MR) is 104 cm³/mol. The van der Waals surface area contributed by atoms with Gasteiger partial charge >= 0.3 is 0 Å². The van der Waals surface area contributed by atoms with Crippen LogP contribution in [0.5, 0.6) is 0 Å². The summed E-state index contributed by atoms with van der Waals surface area (Å²) in [5.74, 6) is 3.24. The highest BCUT2D eigenvalue weighted by atomic mass is 16.5. The van der Waals surface area contributed by atoms with Crippen LogP contribution in [-0.2, 0) is 4.74 Å². The maximum atomic E-state index is 5.99. The maximum Gasteiger partial charge on any atom is 0.132 e. The van der Waals surface area contributed by atoms with Crippen LogP contribution >= 0.6 is 0 Å². The van der Waals surface area contributed by atoms with E-state index in [1.165, 1.54) is 0 Å². The van der Waals surface area contributed by atoms with E-state index < -0.39 is 0 Å². The van der Waals surface area contributed by atoms with E-state index >= 15 is 0 Å². The largest absolute Gasteiger partial charge is 0.368 e. The molecular formula is C20H22N6O. The summed E-state index contributed by atoms with van der Waals surface area (Å²) < 4.78 is 5.99. The summed E-state index contributed by atoms with van der Waals surface area (Å²) in [4.78, 5) is 20.2. The molecule has 3 aromatic rings. The van der Waals surface area contributed by atoms with Crippen LogP contribution in [-0.4, -0.2) is 39.6 Å². The molecule has 0 radical (unpaired) electrons. The first-order chi connectivity index (χ1) is 13.2. The summed E-state index contributed by atoms with van der Waals surface area (Å²) in [6.45, 7) is 6.05. The van der Waals surface area contributed by atoms with Crippen molar-refractivity contribution in [2.75, 3.05) is 29.9 Å². The lowest BCUT2D eigenvalue weighted by molar-refractivity contribution is 0.0368. The number of aromatic nitrogens is 4. The van der Waals surface area contributed by atoms with E-state index in [1.54, 1.807) is 6.20 Å². The van der Waals surface area contributed by atoms with Crippen molar-refractivity contribution in [3.8, 4) is 0 Å². The predicted octanol–water partition coefficient (Wildman–Crippen LogP) is 3.20. The first-order valence-electron chi connectivity index (χ1n) is 9.01. The molecule has 0 spiro atoms. The van der Waals surface area contributed by atoms with Crippen LogP contribution in [0.2, 0.25) is 0 Å². The standard InChI is InChI=1S/C20H22N6O/c1-14-12-20(23-15(2)22-14)26-10-11-27-17(13-26)16-6-5-8-19(24-16)25-18-7-3-4-9-21-18/h3-9,12,17H,10-11,13H2,1-2H3,(H,21,24,25)/t17-/m1/s1. The number of rotatable bonds is 4. The van der Waals surface area contributed by atoms with E-state index in [2.05, 4.69) is 25.2 Å². The molecule has 1 aliphatic rings. The van der Waals surface area contributed by atoms with E-state index in [1.807, 2.05) is 56.3 Å². The average molecular weight is 362 g/mol. The first-order valence-corrected chi connectivity index (χ1v) is 9.01. The summed E-state index contributed by atoms with van der Waals surface area (Å²) in [5.41, 5.74) is 1.86. The van der Waals surface area contributed by atoms with Crippen LogP contribution in [0.15, 0.2) is 48.7 Å². The van der Waals surface area contributed by atoms with Gasteiger partial charge in [-0.2, -0.15) is 0 Å². The van der Waals surface area contributed by atoms with Gasteiger partial charge in [-0.1, -0.05) is 12.1 Å². The second-order valence-corrected chi connectivity index (χ2v) is 6.51. The summed E-state index contributed by atoms with van der Waals surface area (Å²) in [5, 5.41) is 3.23. The summed E-state index contributed by atoms with van der Waals surface area (Å²) in [6.07, 6.45) is 1.64. The zero-order chi connectivity index (χ0) is 18.6. The molecule has 1 N–H and O–H groups in total. The van der Waals surface area contributed by atoms with Crippen LogP contribution in [0, 0.1) is 13.8 Å². The molecule has 7 heteroatoms. The van der Waals surface area contributed by atoms with Crippen molar-refractivity contribution in [2.45, 2.75) is 20.0 Å². The second-order valence-electron chi connectivity index (χ2n) is 6.51. The Balaban J connectivity index is 1.52. The molecule has 0 unspecified atom stereocenters. The van der Waals surface area contributed by atoms with Crippen LogP contribution < -0.4 is 10.2 Å². The smallest absolute Gasteiger partial charge is 0.132 e. The minimum atomic E-state index is -0.111. The minimum absolute atomic E-state index is 0.111. The third-order valence-corrected chi connectivity index (χ3v) is 4.36. The van der Waals surface area contributed by atoms with Crippen LogP contribution in [0.4, 0.5) is 17.5 Å². The first kappa shape index (κ1) is 17.4. The number of ether oxygens (including phenoxy) is 1. The van der Waals surface area contributed by atoms with Crippen LogP contribution in [0.3, 0.4) is 0 Å². The van der Waals surface area contributed by atoms with E-state index in [4.69, 9.17) is 9.72 Å². The van der Waals surface area contributed by atoms with Crippen molar-refractivity contribution in [1.82, 2.24) is 19.9 Å². The third kappa shape index (κ3) is 4.20. The molecule has 27 heavy (non-hydrogen) atoms. The molecule has 1 saturated heterocycles. The molecule has 1 aliphatic heterocycles. The number of aryl methyl sites for hydroxylation is 2. The monoisotopic (exact) mass is 362 g/mol. The van der Waals surface area contributed by atoms with Crippen molar-refractivity contribution in [2.24, 2.45) is 0 Å². The Labute approximate surface area is 158 Å². The zero-order valence-electron chi connectivity index (χ0n) is 15.5. The third-order valence-electron chi connectivity index (χ3n) is 4.36. The Morgan fingerprint density at radius 3 is 2.74 bits per heavy atom. The van der Waals surface area contributed by atoms with E-state index in [-0.39, 0.29) is 6.10 Å². The molecule has 0 aromatic carbocycles. The zero-order valence-corrected chi connectivity index (χ0v) is 15.5. The van der Waals surface area contributed by atoms with Crippen molar-refractivity contribution in [3.05, 3.63) is 65.9 Å². The van der Waals surface area contributed by atoms with Crippen molar-refractivity contribution in [3.63, 3.8) is 0 Å². The van der Waals surface area contributed by atoms with Gasteiger partial charge in [-0.05, 0) is 38.1 Å². The van der Waals surface area contributed by atoms with E-state index in [0.717, 1.165) is 41.2 Å². The summed E-state index contributed by atoms with van der Waals surface area (Å²) >= 11 is 0. The highest BCUT2D eigenvalue weighted by Crippen LogP contribution is 2.25. The number of morpholine rings is 1. The lowest BCUT2D eigenvalue weighted by atomic mass is 10.2. The number of hydrogen-bond acceptors (Lipinski definition) is 7. The van der Waals surface area contributed by atoms with E-state index in [9.17, 15) is 0 Å². The van der Waals surface area contributed by atoms with Gasteiger partial charge in [0, 0.05) is 24.5 Å². The SMILES string of the molecule is Cc1cc(N2CCO[C@@H](c3cccc(Nc4ccccn4)n3)C2)nc(C)n1. The summed E-state index contributed by atoms with van der Waals surface area (Å²) in [6, 6.07) is 13.6. The van der Waals surface area contributed by atoms with Crippen molar-refractivity contribution >= 4 is 17.5 Å². The van der Waals surface area contributed by atoms with Crippen molar-refractivity contribution in [1.29, 1.82) is 0 Å². The van der Waals surface area contributed by atoms with Crippen molar-refractivity contribution < 1.29 is 4.74 Å². The molecule has 138 valence electrons. The van der Waals surface area contributed by atoms with E-state index in [0.29, 0.717) is 13.2 Å². The molecule has 0 bridgehead atoms. The molecular weight excluding hydrogens is 340 g/mol. The van der Waals surface area contributed by atoms with Crippen LogP contribution in [0.1, 0.15) is 23.3 Å². The number of hydrogen-bond donors (Lipinski definition) is 1. The highest BCUT2D eigenvalue weighted by molar-refractivity contribution is 5.51. The Morgan fingerprint density at radius 1 is 1.04 bits per heavy atom. The van der Waals surface area contributed by atoms with Gasteiger partial charge in [-0.3, -0.25) is 0 Å². The van der Waals surface area contributed by atoms with Gasteiger partial charge in [0.15, 0.2) is 0 Å². The lowest BCUT2D eigenvalue weighted by Gasteiger charge is -2.33. The average Bonchev–Trinajstić information content (AvgIpc) is 2.68. The molecule has 0 saturated carbocycles. The molecule has 0 aliphatic carbocycles. The molecule has 0 amide bonds. The Hall–Kier alpha value is -3.06. The fourth-order valence-corrected chi connectivity index (χ4v) is 3.16. The fraction of sp³-hybridized carbons (Fsp3) is 0.300. The quantitative estimate of drug-likeness (QED) is 0.764. The van der Waals surface area contributed by atoms with Gasteiger partial charge in [-0.15, -0.1) is 0 Å². The Kier molecular flexibility index (Phi) is 4.93.